The molecule has 1 amide bonds. The summed E-state index contributed by atoms with van der Waals surface area (Å²) in [5, 5.41) is 8.25. The maximum atomic E-state index is 9.86. The number of carbonyl (C=O) groups is 1. The second kappa shape index (κ2) is 3.26. The van der Waals surface area contributed by atoms with E-state index in [4.69, 9.17) is 5.11 Å². The lowest BCUT2D eigenvalue weighted by atomic mass is 10.4. The molecule has 0 heterocycles. The molecule has 0 aromatic rings. The molecule has 0 saturated carbocycles. The lowest BCUT2D eigenvalue weighted by Gasteiger charge is -2.05. The van der Waals surface area contributed by atoms with Gasteiger partial charge in [0.15, 0.2) is 0 Å². The fourth-order valence-corrected chi connectivity index (χ4v) is 0.236. The van der Waals surface area contributed by atoms with Crippen LogP contribution in [0.3, 0.4) is 0 Å². The van der Waals surface area contributed by atoms with Crippen molar-refractivity contribution in [3.63, 3.8) is 0 Å². The highest BCUT2D eigenvalue weighted by Crippen LogP contribution is 1.85. The van der Waals surface area contributed by atoms with E-state index >= 15 is 0 Å². The first-order chi connectivity index (χ1) is 3.66. The number of ether oxygens (including phenoxy) is 1. The minimum Gasteiger partial charge on any atom is -0.444 e. The molecule has 0 aromatic carbocycles. The molecule has 3 N–H and O–H groups in total. The number of rotatable bonds is 2. The zero-order valence-corrected chi connectivity index (χ0v) is 4.63. The van der Waals surface area contributed by atoms with Gasteiger partial charge in [-0.1, -0.05) is 0 Å². The summed E-state index contributed by atoms with van der Waals surface area (Å²) in [6, 6.07) is 0. The Balaban J connectivity index is 3.24. The van der Waals surface area contributed by atoms with Crippen LogP contribution >= 0.6 is 0 Å². The molecule has 4 nitrogen and oxygen atoms in total. The van der Waals surface area contributed by atoms with Gasteiger partial charge < -0.3 is 15.6 Å². The van der Waals surface area contributed by atoms with Crippen LogP contribution in [0.2, 0.25) is 0 Å². The van der Waals surface area contributed by atoms with Crippen LogP contribution in [0.4, 0.5) is 4.79 Å². The van der Waals surface area contributed by atoms with E-state index in [1.165, 1.54) is 0 Å². The lowest BCUT2D eigenvalue weighted by Crippen LogP contribution is -2.22. The Kier molecular flexibility index (Phi) is 2.95. The molecule has 0 rings (SSSR count). The van der Waals surface area contributed by atoms with E-state index in [1.807, 2.05) is 0 Å². The fourth-order valence-electron chi connectivity index (χ4n) is 0.236. The largest absolute Gasteiger partial charge is 0.444 e. The van der Waals surface area contributed by atoms with Gasteiger partial charge in [0.05, 0.1) is 6.61 Å². The van der Waals surface area contributed by atoms with E-state index in [9.17, 15) is 4.79 Å². The summed E-state index contributed by atoms with van der Waals surface area (Å²) in [4.78, 5) is 9.86. The minimum atomic E-state index is -0.855. The van der Waals surface area contributed by atoms with Gasteiger partial charge in [0, 0.05) is 0 Å². The maximum Gasteiger partial charge on any atom is 0.404 e. The Morgan fingerprint density at radius 2 is 2.50 bits per heavy atom. The van der Waals surface area contributed by atoms with Gasteiger partial charge in [0.1, 0.15) is 6.10 Å². The van der Waals surface area contributed by atoms with E-state index in [-0.39, 0.29) is 6.61 Å². The first-order valence-electron chi connectivity index (χ1n) is 2.23. The van der Waals surface area contributed by atoms with Gasteiger partial charge >= 0.3 is 6.09 Å². The van der Waals surface area contributed by atoms with Crippen molar-refractivity contribution in [2.24, 2.45) is 5.73 Å². The smallest absolute Gasteiger partial charge is 0.404 e. The van der Waals surface area contributed by atoms with Crippen LogP contribution < -0.4 is 5.73 Å². The van der Waals surface area contributed by atoms with E-state index in [1.54, 1.807) is 6.92 Å². The number of hydrogen-bond acceptors (Lipinski definition) is 3. The van der Waals surface area contributed by atoms with Crippen LogP contribution in [-0.2, 0) is 4.74 Å². The quantitative estimate of drug-likeness (QED) is 0.512. The fraction of sp³-hybridized carbons (Fsp3) is 0.750. The summed E-state index contributed by atoms with van der Waals surface area (Å²) in [6.07, 6.45) is -1.35. The van der Waals surface area contributed by atoms with Crippen molar-refractivity contribution in [1.82, 2.24) is 0 Å². The number of carbonyl (C=O) groups excluding carboxylic acids is 1. The molecule has 48 valence electrons. The first kappa shape index (κ1) is 7.23. The van der Waals surface area contributed by atoms with Crippen LogP contribution in [-0.4, -0.2) is 23.9 Å². The highest BCUT2D eigenvalue weighted by molar-refractivity contribution is 5.64. The van der Waals surface area contributed by atoms with Gasteiger partial charge in [-0.05, 0) is 6.92 Å². The average molecular weight is 119 g/mol. The molecule has 0 aromatic heterocycles. The third-order valence-corrected chi connectivity index (χ3v) is 0.574. The Labute approximate surface area is 47.2 Å². The number of amides is 1. The summed E-state index contributed by atoms with van der Waals surface area (Å²) in [6.45, 7) is 1.35. The van der Waals surface area contributed by atoms with Crippen molar-refractivity contribution in [3.05, 3.63) is 0 Å². The molecule has 8 heavy (non-hydrogen) atoms. The molecule has 1 atom stereocenters. The van der Waals surface area contributed by atoms with E-state index in [2.05, 4.69) is 10.5 Å². The third-order valence-electron chi connectivity index (χ3n) is 0.574. The third kappa shape index (κ3) is 3.42. The zero-order valence-electron chi connectivity index (χ0n) is 4.63. The summed E-state index contributed by atoms with van der Waals surface area (Å²) in [5.74, 6) is 0. The number of nitrogens with two attached hydrogens (primary N) is 1. The zero-order chi connectivity index (χ0) is 6.57. The van der Waals surface area contributed by atoms with Crippen molar-refractivity contribution in [2.45, 2.75) is 13.0 Å². The summed E-state index contributed by atoms with van der Waals surface area (Å²) >= 11 is 0. The van der Waals surface area contributed by atoms with Gasteiger partial charge in [0.2, 0.25) is 0 Å². The highest BCUT2D eigenvalue weighted by atomic mass is 16.6. The van der Waals surface area contributed by atoms with Crippen molar-refractivity contribution >= 4 is 6.09 Å². The van der Waals surface area contributed by atoms with Crippen molar-refractivity contribution in [3.8, 4) is 0 Å². The standard InChI is InChI=1S/C4H9NO3/c1-3(2-6)8-4(5)7/h3,6H,2H2,1H3,(H2,5,7)/t3-/m0/s1. The van der Waals surface area contributed by atoms with E-state index in [0.29, 0.717) is 0 Å². The molecule has 0 aliphatic rings. The van der Waals surface area contributed by atoms with Crippen molar-refractivity contribution in [2.75, 3.05) is 6.61 Å². The average Bonchev–Trinajstić information content (AvgIpc) is 1.65. The molecule has 0 fully saturated rings. The second-order valence-corrected chi connectivity index (χ2v) is 1.43. The van der Waals surface area contributed by atoms with Crippen LogP contribution in [0.25, 0.3) is 0 Å². The molecule has 0 unspecified atom stereocenters. The molecular formula is C4H9NO3. The molecule has 0 aliphatic heterocycles. The predicted octanol–water partition coefficient (Wildman–Crippen LogP) is -0.537. The molecule has 0 spiro atoms. The molecular weight excluding hydrogens is 110 g/mol. The topological polar surface area (TPSA) is 72.6 Å². The number of hydrogen-bond donors (Lipinski definition) is 2. The minimum absolute atomic E-state index is 0.192. The van der Waals surface area contributed by atoms with Gasteiger partial charge in [-0.3, -0.25) is 0 Å². The van der Waals surface area contributed by atoms with Gasteiger partial charge in [-0.15, -0.1) is 0 Å². The van der Waals surface area contributed by atoms with Gasteiger partial charge in [-0.25, -0.2) is 4.79 Å². The van der Waals surface area contributed by atoms with Crippen molar-refractivity contribution < 1.29 is 14.6 Å². The maximum absolute atomic E-state index is 9.86. The van der Waals surface area contributed by atoms with Gasteiger partial charge in [0.25, 0.3) is 0 Å². The summed E-state index contributed by atoms with van der Waals surface area (Å²) < 4.78 is 4.29. The Bertz CT molecular complexity index is 83.4. The van der Waals surface area contributed by atoms with Gasteiger partial charge in [-0.2, -0.15) is 0 Å². The van der Waals surface area contributed by atoms with Crippen LogP contribution in [0, 0.1) is 0 Å². The van der Waals surface area contributed by atoms with Crippen LogP contribution in [0.5, 0.6) is 0 Å². The van der Waals surface area contributed by atoms with Crippen LogP contribution in [0.15, 0.2) is 0 Å². The highest BCUT2D eigenvalue weighted by Gasteiger charge is 2.01. The predicted molar refractivity (Wildman–Crippen MR) is 27.2 cm³/mol. The van der Waals surface area contributed by atoms with E-state index in [0.717, 1.165) is 0 Å². The molecule has 0 bridgehead atoms. The summed E-state index contributed by atoms with van der Waals surface area (Å²) in [5.41, 5.74) is 4.60. The number of primary amides is 1. The Morgan fingerprint density at radius 1 is 2.00 bits per heavy atom. The second-order valence-electron chi connectivity index (χ2n) is 1.43. The first-order valence-corrected chi connectivity index (χ1v) is 2.23. The van der Waals surface area contributed by atoms with Crippen molar-refractivity contribution in [1.29, 1.82) is 0 Å². The monoisotopic (exact) mass is 119 g/mol. The SMILES string of the molecule is C[C@@H](CO)OC(N)=O. The summed E-state index contributed by atoms with van der Waals surface area (Å²) in [7, 11) is 0. The van der Waals surface area contributed by atoms with E-state index < -0.39 is 12.2 Å². The number of aliphatic hydroxyl groups excluding tert-OH is 1. The Hall–Kier alpha value is -0.770. The van der Waals surface area contributed by atoms with Crippen LogP contribution in [0.1, 0.15) is 6.92 Å². The molecule has 0 saturated heterocycles. The normalized spacial score (nSPS) is 12.8. The lowest BCUT2D eigenvalue weighted by molar-refractivity contribution is 0.0745. The molecule has 0 aliphatic carbocycles. The number of aliphatic hydroxyl groups is 1. The Morgan fingerprint density at radius 3 is 2.62 bits per heavy atom. The molecule has 4 heteroatoms. The molecule has 0 radical (unpaired) electrons.